The van der Waals surface area contributed by atoms with E-state index >= 15 is 0 Å². The number of amides is 2. The van der Waals surface area contributed by atoms with E-state index in [-0.39, 0.29) is 18.4 Å². The summed E-state index contributed by atoms with van der Waals surface area (Å²) >= 11 is 0. The van der Waals surface area contributed by atoms with Crippen molar-refractivity contribution < 1.29 is 41.4 Å². The summed E-state index contributed by atoms with van der Waals surface area (Å²) in [6.45, 7) is 10.5. The van der Waals surface area contributed by atoms with E-state index < -0.39 is 35.8 Å². The Hall–Kier alpha value is -1.12. The van der Waals surface area contributed by atoms with Gasteiger partial charge < -0.3 is 31.1 Å². The molecule has 0 heterocycles. The van der Waals surface area contributed by atoms with Crippen LogP contribution in [0.15, 0.2) is 0 Å². The van der Waals surface area contributed by atoms with Gasteiger partial charge in [-0.2, -0.15) is 8.42 Å². The SMILES string of the molecule is CCCCCCCNC(COP(=O)(O)O)C(=O)NCCCCC.CCCCCCCNC(CS(=O)(=O)O)C(=O)NCCCCCC. The first kappa shape index (κ1) is 47.0. The number of phosphoric ester groups is 1. The van der Waals surface area contributed by atoms with Crippen molar-refractivity contribution in [2.75, 3.05) is 38.5 Å². The van der Waals surface area contributed by atoms with E-state index in [1.807, 2.05) is 0 Å². The van der Waals surface area contributed by atoms with Gasteiger partial charge >= 0.3 is 7.82 Å². The first-order valence-electron chi connectivity index (χ1n) is 17.5. The minimum absolute atomic E-state index is 0.275. The van der Waals surface area contributed by atoms with Crippen LogP contribution in [0.3, 0.4) is 0 Å². The Bertz CT molecular complexity index is 891. The molecule has 0 fully saturated rings. The Kier molecular flexibility index (Phi) is 31.8. The van der Waals surface area contributed by atoms with Crippen LogP contribution in [0.5, 0.6) is 0 Å². The molecule has 0 aromatic carbocycles. The third-order valence-corrected chi connectivity index (χ3v) is 8.41. The molecule has 0 aromatic rings. The average Bonchev–Trinajstić information content (AvgIpc) is 2.98. The molecule has 0 aliphatic heterocycles. The summed E-state index contributed by atoms with van der Waals surface area (Å²) in [5, 5.41) is 11.5. The van der Waals surface area contributed by atoms with Crippen molar-refractivity contribution in [3.8, 4) is 0 Å². The third-order valence-electron chi connectivity index (χ3n) is 7.17. The average molecular weight is 703 g/mol. The molecule has 2 amide bonds. The molecule has 0 saturated carbocycles. The van der Waals surface area contributed by atoms with Gasteiger partial charge in [-0.3, -0.25) is 18.7 Å². The van der Waals surface area contributed by atoms with Gasteiger partial charge in [0.25, 0.3) is 10.1 Å². The van der Waals surface area contributed by atoms with Crippen molar-refractivity contribution in [2.24, 2.45) is 0 Å². The van der Waals surface area contributed by atoms with Crippen LogP contribution in [0.4, 0.5) is 0 Å². The fourth-order valence-corrected chi connectivity index (χ4v) is 5.48. The minimum Gasteiger partial charge on any atom is -0.355 e. The van der Waals surface area contributed by atoms with E-state index in [9.17, 15) is 22.6 Å². The van der Waals surface area contributed by atoms with Crippen molar-refractivity contribution in [3.63, 3.8) is 0 Å². The zero-order chi connectivity index (χ0) is 35.1. The minimum atomic E-state index is -4.57. The van der Waals surface area contributed by atoms with Crippen molar-refractivity contribution in [3.05, 3.63) is 0 Å². The molecule has 46 heavy (non-hydrogen) atoms. The summed E-state index contributed by atoms with van der Waals surface area (Å²) in [5.41, 5.74) is 0. The zero-order valence-corrected chi connectivity index (χ0v) is 30.8. The largest absolute Gasteiger partial charge is 0.469 e. The number of nitrogens with one attached hydrogen (secondary N) is 4. The summed E-state index contributed by atoms with van der Waals surface area (Å²) in [5.74, 6) is -1.21. The summed E-state index contributed by atoms with van der Waals surface area (Å²) in [7, 11) is -8.75. The number of carbonyl (C=O) groups excluding carboxylic acids is 2. The highest BCUT2D eigenvalue weighted by atomic mass is 32.2. The number of hydrogen-bond acceptors (Lipinski definition) is 8. The van der Waals surface area contributed by atoms with Gasteiger partial charge in [-0.15, -0.1) is 0 Å². The molecule has 0 spiro atoms. The molecule has 0 aliphatic rings. The van der Waals surface area contributed by atoms with Crippen LogP contribution < -0.4 is 21.3 Å². The predicted molar refractivity (Wildman–Crippen MR) is 185 cm³/mol. The van der Waals surface area contributed by atoms with E-state index in [4.69, 9.17) is 14.3 Å². The maximum absolute atomic E-state index is 12.1. The van der Waals surface area contributed by atoms with E-state index in [0.29, 0.717) is 26.2 Å². The molecule has 276 valence electrons. The van der Waals surface area contributed by atoms with Crippen molar-refractivity contribution in [2.45, 2.75) is 149 Å². The predicted octanol–water partition coefficient (Wildman–Crippen LogP) is 4.83. The Balaban J connectivity index is 0. The molecule has 15 heteroatoms. The quantitative estimate of drug-likeness (QED) is 0.0307. The second kappa shape index (κ2) is 31.2. The number of rotatable bonds is 30. The first-order chi connectivity index (χ1) is 21.8. The molecule has 7 N–H and O–H groups in total. The highest BCUT2D eigenvalue weighted by Gasteiger charge is 2.24. The molecular weight excluding hydrogens is 635 g/mol. The zero-order valence-electron chi connectivity index (χ0n) is 29.1. The lowest BCUT2D eigenvalue weighted by Crippen LogP contribution is -2.48. The van der Waals surface area contributed by atoms with Gasteiger partial charge in [0.05, 0.1) is 12.4 Å². The monoisotopic (exact) mass is 702 g/mol. The molecule has 0 saturated heterocycles. The van der Waals surface area contributed by atoms with Gasteiger partial charge in [-0.05, 0) is 38.8 Å². The summed E-state index contributed by atoms with van der Waals surface area (Å²) in [6, 6.07) is -1.63. The van der Waals surface area contributed by atoms with Crippen molar-refractivity contribution in [1.82, 2.24) is 21.3 Å². The standard InChI is InChI=1S/C16H34N2O4S.C15H33N2O5P/c1-3-5-7-9-11-12-17-15(14-23(20,21)22)16(19)18-13-10-8-6-4-2;1-3-5-7-8-10-11-16-14(13-22-23(19,20)21)15(18)17-12-9-6-4-2/h15,17H,3-14H2,1-2H3,(H,18,19)(H,20,21,22);14,16H,3-13H2,1-2H3,(H,17,18)(H2,19,20,21). The van der Waals surface area contributed by atoms with Crippen LogP contribution in [-0.4, -0.2) is 85.2 Å². The summed E-state index contributed by atoms with van der Waals surface area (Å²) in [6.07, 6.45) is 18.1. The molecule has 0 rings (SSSR count). The maximum Gasteiger partial charge on any atom is 0.469 e. The van der Waals surface area contributed by atoms with Crippen LogP contribution in [0.25, 0.3) is 0 Å². The number of carbonyl (C=O) groups is 2. The molecule has 0 aliphatic carbocycles. The van der Waals surface area contributed by atoms with E-state index in [1.54, 1.807) is 0 Å². The Morgan fingerprint density at radius 1 is 0.609 bits per heavy atom. The lowest BCUT2D eigenvalue weighted by molar-refractivity contribution is -0.124. The fourth-order valence-electron chi connectivity index (χ4n) is 4.44. The van der Waals surface area contributed by atoms with E-state index in [0.717, 1.165) is 83.5 Å². The van der Waals surface area contributed by atoms with Crippen LogP contribution >= 0.6 is 7.82 Å². The van der Waals surface area contributed by atoms with Gasteiger partial charge in [0.15, 0.2) is 0 Å². The molecule has 2 unspecified atom stereocenters. The van der Waals surface area contributed by atoms with Gasteiger partial charge in [-0.25, -0.2) is 4.57 Å². The van der Waals surface area contributed by atoms with Crippen molar-refractivity contribution in [1.29, 1.82) is 0 Å². The fraction of sp³-hybridized carbons (Fsp3) is 0.935. The first-order valence-corrected chi connectivity index (χ1v) is 20.6. The Morgan fingerprint density at radius 2 is 0.957 bits per heavy atom. The Morgan fingerprint density at radius 3 is 1.39 bits per heavy atom. The molecule has 13 nitrogen and oxygen atoms in total. The number of unbranched alkanes of at least 4 members (excludes halogenated alkanes) is 13. The summed E-state index contributed by atoms with van der Waals surface area (Å²) < 4.78 is 46.4. The van der Waals surface area contributed by atoms with Crippen LogP contribution in [0.1, 0.15) is 137 Å². The number of hydrogen-bond donors (Lipinski definition) is 7. The molecule has 2 atom stereocenters. The van der Waals surface area contributed by atoms with E-state index in [2.05, 4.69) is 53.5 Å². The molecule has 0 aromatic heterocycles. The van der Waals surface area contributed by atoms with Gasteiger partial charge in [0, 0.05) is 13.1 Å². The molecule has 0 bridgehead atoms. The van der Waals surface area contributed by atoms with Gasteiger partial charge in [0.1, 0.15) is 12.1 Å². The second-order valence-corrected chi connectivity index (χ2v) is 14.5. The number of phosphoric acid groups is 1. The lowest BCUT2D eigenvalue weighted by atomic mass is 10.1. The van der Waals surface area contributed by atoms with E-state index in [1.165, 1.54) is 25.7 Å². The molecular formula is C31H67N4O9PS. The van der Waals surface area contributed by atoms with Crippen LogP contribution in [-0.2, 0) is 28.8 Å². The lowest BCUT2D eigenvalue weighted by Gasteiger charge is -2.18. The van der Waals surface area contributed by atoms with Gasteiger partial charge in [0.2, 0.25) is 11.8 Å². The summed E-state index contributed by atoms with van der Waals surface area (Å²) in [4.78, 5) is 41.7. The smallest absolute Gasteiger partial charge is 0.355 e. The third kappa shape index (κ3) is 34.2. The normalized spacial score (nSPS) is 13.0. The second-order valence-electron chi connectivity index (χ2n) is 11.7. The van der Waals surface area contributed by atoms with Crippen LogP contribution in [0, 0.1) is 0 Å². The highest BCUT2D eigenvalue weighted by Crippen LogP contribution is 2.35. The van der Waals surface area contributed by atoms with Crippen molar-refractivity contribution >= 4 is 29.8 Å². The maximum atomic E-state index is 12.1. The highest BCUT2D eigenvalue weighted by molar-refractivity contribution is 7.85. The molecule has 0 radical (unpaired) electrons. The Labute approximate surface area is 279 Å². The van der Waals surface area contributed by atoms with Crippen LogP contribution in [0.2, 0.25) is 0 Å². The topological polar surface area (TPSA) is 203 Å². The van der Waals surface area contributed by atoms with Gasteiger partial charge in [-0.1, -0.05) is 111 Å².